The molecule has 21 heavy (non-hydrogen) atoms. The van der Waals surface area contributed by atoms with E-state index in [-0.39, 0.29) is 5.91 Å². The van der Waals surface area contributed by atoms with Gasteiger partial charge in [-0.2, -0.15) is 10.2 Å². The number of hydrogen-bond acceptors (Lipinski definition) is 3. The zero-order valence-electron chi connectivity index (χ0n) is 12.9. The van der Waals surface area contributed by atoms with Crippen LogP contribution in [0.4, 0.5) is 0 Å². The van der Waals surface area contributed by atoms with Crippen molar-refractivity contribution in [2.75, 3.05) is 13.1 Å². The predicted molar refractivity (Wildman–Crippen MR) is 81.0 cm³/mol. The monoisotopic (exact) mass is 289 g/mol. The van der Waals surface area contributed by atoms with Crippen molar-refractivity contribution in [1.29, 1.82) is 0 Å². The van der Waals surface area contributed by atoms with Crippen LogP contribution in [0.3, 0.4) is 0 Å². The Hall–Kier alpha value is -1.85. The van der Waals surface area contributed by atoms with Crippen LogP contribution in [-0.4, -0.2) is 43.5 Å². The molecule has 0 unspecified atom stereocenters. The van der Waals surface area contributed by atoms with Gasteiger partial charge in [-0.25, -0.2) is 0 Å². The van der Waals surface area contributed by atoms with E-state index in [0.717, 1.165) is 49.2 Å². The number of aryl methyl sites for hydroxylation is 2. The summed E-state index contributed by atoms with van der Waals surface area (Å²) in [5.41, 5.74) is 2.94. The van der Waals surface area contributed by atoms with Crippen LogP contribution in [0.25, 0.3) is 11.0 Å². The lowest BCUT2D eigenvalue weighted by molar-refractivity contribution is -0.131. The molecule has 2 aromatic heterocycles. The highest BCUT2D eigenvalue weighted by molar-refractivity contribution is 5.81. The molecule has 3 rings (SSSR count). The number of carbonyl (C=O) groups is 1. The van der Waals surface area contributed by atoms with Gasteiger partial charge in [-0.3, -0.25) is 14.2 Å². The summed E-state index contributed by atoms with van der Waals surface area (Å²) >= 11 is 0. The van der Waals surface area contributed by atoms with Crippen LogP contribution in [0, 0.1) is 6.92 Å². The minimum atomic E-state index is 0.172. The summed E-state index contributed by atoms with van der Waals surface area (Å²) in [4.78, 5) is 14.5. The van der Waals surface area contributed by atoms with Crippen LogP contribution >= 0.6 is 0 Å². The first-order chi connectivity index (χ1) is 10.2. The lowest BCUT2D eigenvalue weighted by Gasteiger charge is -2.20. The molecule has 1 amide bonds. The molecule has 0 saturated carbocycles. The molecular weight excluding hydrogens is 266 g/mol. The van der Waals surface area contributed by atoms with Gasteiger partial charge in [0, 0.05) is 19.6 Å². The maximum atomic E-state index is 12.5. The number of aromatic nitrogens is 4. The molecule has 6 heteroatoms. The zero-order chi connectivity index (χ0) is 14.8. The van der Waals surface area contributed by atoms with Crippen molar-refractivity contribution in [3.63, 3.8) is 0 Å². The van der Waals surface area contributed by atoms with E-state index in [2.05, 4.69) is 17.1 Å². The van der Waals surface area contributed by atoms with Gasteiger partial charge in [0.1, 0.15) is 17.6 Å². The molecule has 114 valence electrons. The molecule has 0 N–H and O–H groups in total. The van der Waals surface area contributed by atoms with Gasteiger partial charge >= 0.3 is 0 Å². The Labute approximate surface area is 124 Å². The first-order valence-electron chi connectivity index (χ1n) is 7.87. The molecular formula is C15H23N5O. The van der Waals surface area contributed by atoms with Gasteiger partial charge in [0.2, 0.25) is 5.91 Å². The summed E-state index contributed by atoms with van der Waals surface area (Å²) in [6.07, 6.45) is 6.52. The van der Waals surface area contributed by atoms with Crippen molar-refractivity contribution in [2.24, 2.45) is 0 Å². The standard InChI is InChI=1S/C15H23N5O/c1-3-19-13-10-16-20(15(13)12(2)17-19)11-14(21)18-8-6-4-5-7-9-18/h10H,3-9,11H2,1-2H3. The van der Waals surface area contributed by atoms with E-state index in [1.807, 2.05) is 22.7 Å². The fraction of sp³-hybridized carbons (Fsp3) is 0.667. The van der Waals surface area contributed by atoms with Crippen LogP contribution < -0.4 is 0 Å². The van der Waals surface area contributed by atoms with Gasteiger partial charge in [0.25, 0.3) is 0 Å². The highest BCUT2D eigenvalue weighted by atomic mass is 16.2. The van der Waals surface area contributed by atoms with Crippen molar-refractivity contribution < 1.29 is 4.79 Å². The van der Waals surface area contributed by atoms with Gasteiger partial charge in [-0.1, -0.05) is 12.8 Å². The molecule has 0 spiro atoms. The van der Waals surface area contributed by atoms with Crippen molar-refractivity contribution >= 4 is 16.9 Å². The van der Waals surface area contributed by atoms with E-state index in [0.29, 0.717) is 6.54 Å². The third-order valence-electron chi connectivity index (χ3n) is 4.25. The summed E-state index contributed by atoms with van der Waals surface area (Å²) < 4.78 is 3.74. The number of nitrogens with zero attached hydrogens (tertiary/aromatic N) is 5. The van der Waals surface area contributed by atoms with Gasteiger partial charge in [-0.05, 0) is 26.7 Å². The SMILES string of the molecule is CCn1nc(C)c2c1cnn2CC(=O)N1CCCCCC1. The number of fused-ring (bicyclic) bond motifs is 1. The lowest BCUT2D eigenvalue weighted by Crippen LogP contribution is -2.34. The number of likely N-dealkylation sites (tertiary alicyclic amines) is 1. The highest BCUT2D eigenvalue weighted by Crippen LogP contribution is 2.18. The van der Waals surface area contributed by atoms with E-state index in [4.69, 9.17) is 0 Å². The summed E-state index contributed by atoms with van der Waals surface area (Å²) in [6.45, 7) is 6.94. The maximum Gasteiger partial charge on any atom is 0.244 e. The third-order valence-corrected chi connectivity index (χ3v) is 4.25. The van der Waals surface area contributed by atoms with Crippen molar-refractivity contribution in [3.05, 3.63) is 11.9 Å². The van der Waals surface area contributed by atoms with Gasteiger partial charge in [0.05, 0.1) is 11.9 Å². The largest absolute Gasteiger partial charge is 0.341 e. The smallest absolute Gasteiger partial charge is 0.244 e. The van der Waals surface area contributed by atoms with Crippen molar-refractivity contribution in [1.82, 2.24) is 24.5 Å². The Morgan fingerprint density at radius 3 is 2.57 bits per heavy atom. The van der Waals surface area contributed by atoms with Gasteiger partial charge < -0.3 is 4.90 Å². The van der Waals surface area contributed by atoms with Crippen LogP contribution in [0.15, 0.2) is 6.20 Å². The Bertz CT molecular complexity index is 634. The predicted octanol–water partition coefficient (Wildman–Crippen LogP) is 1.96. The third kappa shape index (κ3) is 2.66. The fourth-order valence-electron chi connectivity index (χ4n) is 3.13. The second-order valence-corrected chi connectivity index (χ2v) is 5.73. The summed E-state index contributed by atoms with van der Waals surface area (Å²) in [6, 6.07) is 0. The van der Waals surface area contributed by atoms with E-state index in [1.165, 1.54) is 12.8 Å². The molecule has 0 radical (unpaired) electrons. The number of amides is 1. The first kappa shape index (κ1) is 14.1. The average molecular weight is 289 g/mol. The minimum Gasteiger partial charge on any atom is -0.341 e. The van der Waals surface area contributed by atoms with Gasteiger partial charge in [0.15, 0.2) is 0 Å². The Morgan fingerprint density at radius 2 is 1.90 bits per heavy atom. The molecule has 1 fully saturated rings. The summed E-state index contributed by atoms with van der Waals surface area (Å²) in [7, 11) is 0. The molecule has 6 nitrogen and oxygen atoms in total. The number of carbonyl (C=O) groups excluding carboxylic acids is 1. The minimum absolute atomic E-state index is 0.172. The van der Waals surface area contributed by atoms with E-state index in [1.54, 1.807) is 4.68 Å². The van der Waals surface area contributed by atoms with Crippen LogP contribution in [0.5, 0.6) is 0 Å². The maximum absolute atomic E-state index is 12.5. The zero-order valence-corrected chi connectivity index (χ0v) is 12.9. The molecule has 3 heterocycles. The molecule has 2 aromatic rings. The van der Waals surface area contributed by atoms with E-state index < -0.39 is 0 Å². The quantitative estimate of drug-likeness (QED) is 0.868. The molecule has 0 aliphatic carbocycles. The Morgan fingerprint density at radius 1 is 1.19 bits per heavy atom. The van der Waals surface area contributed by atoms with E-state index in [9.17, 15) is 4.79 Å². The Balaban J connectivity index is 1.81. The second kappa shape index (κ2) is 5.87. The molecule has 1 saturated heterocycles. The molecule has 0 atom stereocenters. The number of hydrogen-bond donors (Lipinski definition) is 0. The van der Waals surface area contributed by atoms with Crippen LogP contribution in [0.1, 0.15) is 38.3 Å². The van der Waals surface area contributed by atoms with E-state index >= 15 is 0 Å². The molecule has 1 aliphatic rings. The highest BCUT2D eigenvalue weighted by Gasteiger charge is 2.19. The van der Waals surface area contributed by atoms with Gasteiger partial charge in [-0.15, -0.1) is 0 Å². The first-order valence-corrected chi connectivity index (χ1v) is 7.87. The topological polar surface area (TPSA) is 56.0 Å². The van der Waals surface area contributed by atoms with Crippen molar-refractivity contribution in [2.45, 2.75) is 52.6 Å². The molecule has 0 aromatic carbocycles. The average Bonchev–Trinajstić information content (AvgIpc) is 2.89. The van der Waals surface area contributed by atoms with Crippen molar-refractivity contribution in [3.8, 4) is 0 Å². The molecule has 0 bridgehead atoms. The molecule has 1 aliphatic heterocycles. The second-order valence-electron chi connectivity index (χ2n) is 5.73. The number of rotatable bonds is 3. The van der Waals surface area contributed by atoms with Crippen LogP contribution in [-0.2, 0) is 17.9 Å². The Kier molecular flexibility index (Phi) is 3.94. The summed E-state index contributed by atoms with van der Waals surface area (Å²) in [5, 5.41) is 8.89. The normalized spacial score (nSPS) is 16.4. The fourth-order valence-corrected chi connectivity index (χ4v) is 3.13. The summed E-state index contributed by atoms with van der Waals surface area (Å²) in [5.74, 6) is 0.172. The van der Waals surface area contributed by atoms with Crippen LogP contribution in [0.2, 0.25) is 0 Å². The lowest BCUT2D eigenvalue weighted by atomic mass is 10.2.